The summed E-state index contributed by atoms with van der Waals surface area (Å²) < 4.78 is 5.40. The van der Waals surface area contributed by atoms with Crippen LogP contribution in [0.4, 0.5) is 0 Å². The van der Waals surface area contributed by atoms with Crippen LogP contribution in [0.5, 0.6) is 5.75 Å². The zero-order chi connectivity index (χ0) is 17.1. The first kappa shape index (κ1) is 19.1. The number of hydrogen-bond donors (Lipinski definition) is 2. The summed E-state index contributed by atoms with van der Waals surface area (Å²) in [5.74, 6) is 0.547. The number of aldehydes is 1. The second kappa shape index (κ2) is 7.08. The van der Waals surface area contributed by atoms with Crippen molar-refractivity contribution in [3.63, 3.8) is 0 Å². The van der Waals surface area contributed by atoms with Gasteiger partial charge in [0.2, 0.25) is 0 Å². The summed E-state index contributed by atoms with van der Waals surface area (Å²) in [4.78, 5) is 29.4. The van der Waals surface area contributed by atoms with E-state index in [4.69, 9.17) is 4.52 Å². The van der Waals surface area contributed by atoms with Gasteiger partial charge in [-0.25, -0.2) is 0 Å². The molecule has 1 aromatic carbocycles. The van der Waals surface area contributed by atoms with Crippen LogP contribution in [0.1, 0.15) is 64.7 Å². The van der Waals surface area contributed by atoms with E-state index in [0.29, 0.717) is 18.6 Å². The maximum atomic E-state index is 10.7. The third-order valence-corrected chi connectivity index (χ3v) is 3.83. The lowest BCUT2D eigenvalue weighted by molar-refractivity contribution is -0.107. The summed E-state index contributed by atoms with van der Waals surface area (Å²) in [6.07, 6.45) is 2.06. The molecule has 0 aliphatic rings. The zero-order valence-electron chi connectivity index (χ0n) is 14.3. The molecule has 0 aliphatic heterocycles. The Labute approximate surface area is 134 Å². The Bertz CT molecular complexity index is 489. The van der Waals surface area contributed by atoms with Crippen LogP contribution in [0.2, 0.25) is 0 Å². The molecular formula is C17H27O4P. The number of aryl methyl sites for hydroxylation is 1. The van der Waals surface area contributed by atoms with Gasteiger partial charge >= 0.3 is 8.60 Å². The van der Waals surface area contributed by atoms with E-state index >= 15 is 0 Å². The largest absolute Gasteiger partial charge is 0.426 e. The third-order valence-electron chi connectivity index (χ3n) is 3.49. The Morgan fingerprint density at radius 3 is 1.82 bits per heavy atom. The smallest absolute Gasteiger partial charge is 0.391 e. The molecule has 124 valence electrons. The van der Waals surface area contributed by atoms with Crippen LogP contribution in [0.3, 0.4) is 0 Å². The number of carbonyl (C=O) groups excluding carboxylic acids is 1. The molecule has 0 amide bonds. The predicted molar refractivity (Wildman–Crippen MR) is 90.2 cm³/mol. The maximum absolute atomic E-state index is 10.7. The number of carbonyl (C=O) groups is 1. The predicted octanol–water partition coefficient (Wildman–Crippen LogP) is 4.00. The Balaban J connectivity index is 3.57. The normalized spacial score (nSPS) is 12.6. The first-order valence-corrected chi connectivity index (χ1v) is 8.60. The van der Waals surface area contributed by atoms with Crippen molar-refractivity contribution in [1.82, 2.24) is 0 Å². The minimum Gasteiger partial charge on any atom is -0.426 e. The summed E-state index contributed by atoms with van der Waals surface area (Å²) in [6, 6.07) is 4.01. The molecular weight excluding hydrogens is 299 g/mol. The van der Waals surface area contributed by atoms with Crippen LogP contribution in [-0.2, 0) is 22.0 Å². The number of hydrogen-bond acceptors (Lipinski definition) is 4. The lowest BCUT2D eigenvalue weighted by Crippen LogP contribution is -2.19. The van der Waals surface area contributed by atoms with Crippen molar-refractivity contribution in [3.05, 3.63) is 28.8 Å². The molecule has 5 heteroatoms. The van der Waals surface area contributed by atoms with Crippen LogP contribution in [0, 0.1) is 0 Å². The molecule has 1 rings (SSSR count). The minimum atomic E-state index is -2.48. The van der Waals surface area contributed by atoms with Crippen molar-refractivity contribution in [2.45, 2.75) is 65.2 Å². The second-order valence-electron chi connectivity index (χ2n) is 7.57. The maximum Gasteiger partial charge on any atom is 0.391 e. The fourth-order valence-corrected chi connectivity index (χ4v) is 2.71. The minimum absolute atomic E-state index is 0.210. The van der Waals surface area contributed by atoms with Gasteiger partial charge in [0.25, 0.3) is 0 Å². The highest BCUT2D eigenvalue weighted by Gasteiger charge is 2.29. The van der Waals surface area contributed by atoms with Crippen molar-refractivity contribution in [2.75, 3.05) is 0 Å². The van der Waals surface area contributed by atoms with Gasteiger partial charge in [0.15, 0.2) is 0 Å². The van der Waals surface area contributed by atoms with Crippen LogP contribution in [-0.4, -0.2) is 16.1 Å². The molecule has 1 aromatic rings. The molecule has 0 radical (unpaired) electrons. The fourth-order valence-electron chi connectivity index (χ4n) is 2.35. The monoisotopic (exact) mass is 326 g/mol. The Morgan fingerprint density at radius 2 is 1.50 bits per heavy atom. The van der Waals surface area contributed by atoms with Crippen LogP contribution in [0.25, 0.3) is 0 Å². The lowest BCUT2D eigenvalue weighted by atomic mass is 9.78. The van der Waals surface area contributed by atoms with Gasteiger partial charge in [-0.2, -0.15) is 0 Å². The molecule has 0 fully saturated rings. The van der Waals surface area contributed by atoms with E-state index in [2.05, 4.69) is 41.5 Å². The Kier molecular flexibility index (Phi) is 6.14. The van der Waals surface area contributed by atoms with Crippen molar-refractivity contribution < 1.29 is 19.1 Å². The van der Waals surface area contributed by atoms with Crippen molar-refractivity contribution in [3.8, 4) is 5.75 Å². The summed E-state index contributed by atoms with van der Waals surface area (Å²) >= 11 is 0. The molecule has 0 saturated carbocycles. The Morgan fingerprint density at radius 1 is 1.05 bits per heavy atom. The molecule has 4 nitrogen and oxygen atoms in total. The molecule has 0 aromatic heterocycles. The number of rotatable bonds is 5. The van der Waals surface area contributed by atoms with Crippen molar-refractivity contribution >= 4 is 14.9 Å². The number of benzene rings is 1. The topological polar surface area (TPSA) is 66.8 Å². The van der Waals surface area contributed by atoms with Gasteiger partial charge in [-0.15, -0.1) is 0 Å². The van der Waals surface area contributed by atoms with E-state index in [1.807, 2.05) is 12.1 Å². The average Bonchev–Trinajstić information content (AvgIpc) is 2.33. The molecule has 0 bridgehead atoms. The van der Waals surface area contributed by atoms with E-state index in [0.717, 1.165) is 23.0 Å². The van der Waals surface area contributed by atoms with E-state index in [1.54, 1.807) is 0 Å². The highest BCUT2D eigenvalue weighted by Crippen LogP contribution is 2.44. The van der Waals surface area contributed by atoms with Gasteiger partial charge < -0.3 is 19.1 Å². The highest BCUT2D eigenvalue weighted by molar-refractivity contribution is 7.39. The molecule has 0 heterocycles. The van der Waals surface area contributed by atoms with Crippen LogP contribution >= 0.6 is 8.60 Å². The molecule has 2 N–H and O–H groups in total. The van der Waals surface area contributed by atoms with Gasteiger partial charge in [-0.05, 0) is 22.8 Å². The fraction of sp³-hybridized carbons (Fsp3) is 0.588. The van der Waals surface area contributed by atoms with Crippen molar-refractivity contribution in [1.29, 1.82) is 0 Å². The van der Waals surface area contributed by atoms with E-state index in [1.165, 1.54) is 0 Å². The van der Waals surface area contributed by atoms with E-state index < -0.39 is 8.60 Å². The molecule has 0 unspecified atom stereocenters. The molecule has 0 spiro atoms. The Hall–Kier alpha value is -0.960. The van der Waals surface area contributed by atoms with Gasteiger partial charge in [-0.1, -0.05) is 53.7 Å². The summed E-state index contributed by atoms with van der Waals surface area (Å²) in [6.45, 7) is 12.3. The molecule has 0 aliphatic carbocycles. The average molecular weight is 326 g/mol. The summed E-state index contributed by atoms with van der Waals surface area (Å²) in [7, 11) is -2.48. The SMILES string of the molecule is CC(C)(C)c1cc(CCC=O)cc(C(C)(C)C)c1OP(O)O. The van der Waals surface area contributed by atoms with E-state index in [9.17, 15) is 14.6 Å². The van der Waals surface area contributed by atoms with Gasteiger partial charge in [0.1, 0.15) is 12.0 Å². The van der Waals surface area contributed by atoms with Gasteiger partial charge in [-0.3, -0.25) is 0 Å². The quantitative estimate of drug-likeness (QED) is 0.634. The van der Waals surface area contributed by atoms with E-state index in [-0.39, 0.29) is 10.8 Å². The van der Waals surface area contributed by atoms with Crippen LogP contribution in [0.15, 0.2) is 12.1 Å². The van der Waals surface area contributed by atoms with Crippen molar-refractivity contribution in [2.24, 2.45) is 0 Å². The van der Waals surface area contributed by atoms with Gasteiger partial charge in [0.05, 0.1) is 0 Å². The zero-order valence-corrected chi connectivity index (χ0v) is 15.2. The standard InChI is InChI=1S/C17H27O4P/c1-16(2,3)13-10-12(8-7-9-18)11-14(17(4,5)6)15(13)21-22(19)20/h9-11,19-20H,7-8H2,1-6H3. The first-order valence-electron chi connectivity index (χ1n) is 7.44. The van der Waals surface area contributed by atoms with Gasteiger partial charge in [0, 0.05) is 17.5 Å². The molecule has 0 saturated heterocycles. The second-order valence-corrected chi connectivity index (χ2v) is 8.26. The lowest BCUT2D eigenvalue weighted by Gasteiger charge is -2.30. The molecule has 0 atom stereocenters. The summed E-state index contributed by atoms with van der Waals surface area (Å²) in [5, 5.41) is 0. The summed E-state index contributed by atoms with van der Waals surface area (Å²) in [5.41, 5.74) is 2.50. The third kappa shape index (κ3) is 5.05. The first-order chi connectivity index (χ1) is 9.96. The van der Waals surface area contributed by atoms with Crippen LogP contribution < -0.4 is 4.52 Å². The highest BCUT2D eigenvalue weighted by atomic mass is 31.2. The molecule has 22 heavy (non-hydrogen) atoms.